The number of hydrogen-bond acceptors (Lipinski definition) is 13. The minimum absolute atomic E-state index is 0. The van der Waals surface area contributed by atoms with Crippen LogP contribution in [0.25, 0.3) is 112 Å². The second-order valence-corrected chi connectivity index (χ2v) is 21.5. The van der Waals surface area contributed by atoms with E-state index in [1.54, 1.807) is 89.8 Å². The van der Waals surface area contributed by atoms with Gasteiger partial charge in [0.15, 0.2) is 13.5 Å². The molecule has 9 heterocycles. The first kappa shape index (κ1) is 68.0. The molecule has 470 valence electrons. The largest absolute Gasteiger partial charge is 1.00 e. The third-order valence-electron chi connectivity index (χ3n) is 15.8. The van der Waals surface area contributed by atoms with Crippen molar-refractivity contribution in [3.05, 3.63) is 180 Å². The summed E-state index contributed by atoms with van der Waals surface area (Å²) in [6.45, 7) is 1.31. The number of ether oxygens (including phenoxy) is 2. The van der Waals surface area contributed by atoms with E-state index in [4.69, 9.17) is 49.9 Å². The van der Waals surface area contributed by atoms with Crippen LogP contribution in [-0.4, -0.2) is 89.1 Å². The van der Waals surface area contributed by atoms with Crippen LogP contribution in [0.1, 0.15) is 22.1 Å². The van der Waals surface area contributed by atoms with Gasteiger partial charge in [-0.3, -0.25) is 19.3 Å². The SMILES string of the molecule is CNC(=O)c1c(-c2ccc(F)cc2)oc2cc(N3CCNC3=O)c(-c3ccc4c(n3)-c3cc5c(F)cccc5n3CO4)cc12.CNC(=O)c1c(-c2ccc(F)cc2)oc2cc(NC(=O)NCCCl)c(-c3ccc4c(n3)-c3cc5c(F)cccc5n3CO4)cc12.O=CO[O-].[H-].[K+].[K+]. The zero-order chi connectivity index (χ0) is 64.8. The van der Waals surface area contributed by atoms with Crippen LogP contribution in [0.15, 0.2) is 154 Å². The van der Waals surface area contributed by atoms with E-state index in [1.165, 1.54) is 62.6 Å². The number of aromatic nitrogens is 4. The molecular formula is C67H49ClF4K2N10O11. The van der Waals surface area contributed by atoms with Gasteiger partial charge in [0, 0.05) is 95.5 Å². The van der Waals surface area contributed by atoms with E-state index in [0.29, 0.717) is 136 Å². The quantitative estimate of drug-likeness (QED) is 0.0249. The molecular weight excluding hydrogens is 1310 g/mol. The first-order valence-corrected chi connectivity index (χ1v) is 29.1. The number of nitrogens with zero attached hydrogens (tertiary/aromatic N) is 5. The molecule has 6 amide bonds. The number of furan rings is 2. The minimum atomic E-state index is -0.509. The second-order valence-electron chi connectivity index (χ2n) is 21.1. The summed E-state index contributed by atoms with van der Waals surface area (Å²) in [5.74, 6) is -0.579. The van der Waals surface area contributed by atoms with Crippen LogP contribution < -0.4 is 149 Å². The van der Waals surface area contributed by atoms with Crippen LogP contribution >= 0.6 is 11.6 Å². The number of pyridine rings is 2. The molecule has 3 aliphatic rings. The molecule has 0 aliphatic carbocycles. The number of rotatable bonds is 11. The van der Waals surface area contributed by atoms with E-state index in [0.717, 1.165) is 0 Å². The van der Waals surface area contributed by atoms with Crippen LogP contribution in [0.3, 0.4) is 0 Å². The van der Waals surface area contributed by atoms with Crippen molar-refractivity contribution in [1.82, 2.24) is 40.4 Å². The molecule has 5 N–H and O–H groups in total. The van der Waals surface area contributed by atoms with Crippen LogP contribution in [0.5, 0.6) is 11.5 Å². The molecule has 15 rings (SSSR count). The van der Waals surface area contributed by atoms with Gasteiger partial charge >= 0.3 is 115 Å². The van der Waals surface area contributed by atoms with Crippen LogP contribution in [-0.2, 0) is 23.1 Å². The molecule has 3 aliphatic heterocycles. The number of nitrogens with one attached hydrogen (secondary N) is 5. The Balaban J connectivity index is 0.000000192. The monoisotopic (exact) mass is 1360 g/mol. The van der Waals surface area contributed by atoms with E-state index in [9.17, 15) is 36.7 Å². The van der Waals surface area contributed by atoms with Gasteiger partial charge in [-0.1, -0.05) is 12.1 Å². The van der Waals surface area contributed by atoms with E-state index < -0.39 is 23.6 Å². The summed E-state index contributed by atoms with van der Waals surface area (Å²) in [6, 6.07) is 37.6. The molecule has 12 aromatic rings. The van der Waals surface area contributed by atoms with Gasteiger partial charge in [-0.25, -0.2) is 37.1 Å². The maximum absolute atomic E-state index is 14.7. The van der Waals surface area contributed by atoms with Crippen molar-refractivity contribution in [3.63, 3.8) is 0 Å². The van der Waals surface area contributed by atoms with Crippen molar-refractivity contribution in [2.24, 2.45) is 0 Å². The van der Waals surface area contributed by atoms with Gasteiger partial charge in [0.1, 0.15) is 68.8 Å². The maximum atomic E-state index is 14.7. The predicted molar refractivity (Wildman–Crippen MR) is 336 cm³/mol. The normalized spacial score (nSPS) is 12.4. The summed E-state index contributed by atoms with van der Waals surface area (Å²) in [6.07, 6.45) is 0. The number of urea groups is 2. The number of carbonyl (C=O) groups is 5. The fourth-order valence-corrected chi connectivity index (χ4v) is 11.7. The topological polar surface area (TPSA) is 261 Å². The molecule has 6 aromatic heterocycles. The molecule has 1 saturated heterocycles. The number of alkyl halides is 1. The Bertz CT molecular complexity index is 5030. The third-order valence-corrected chi connectivity index (χ3v) is 16.0. The summed E-state index contributed by atoms with van der Waals surface area (Å²) >= 11 is 5.77. The van der Waals surface area contributed by atoms with Crippen molar-refractivity contribution < 1.29 is 174 Å². The Kier molecular flexibility index (Phi) is 20.7. The van der Waals surface area contributed by atoms with Crippen molar-refractivity contribution in [3.8, 4) is 79.4 Å². The van der Waals surface area contributed by atoms with E-state index >= 15 is 0 Å². The molecule has 0 bridgehead atoms. The Hall–Kier alpha value is -8.43. The molecule has 0 spiro atoms. The number of fused-ring (bicyclic) bond motifs is 12. The van der Waals surface area contributed by atoms with Gasteiger partial charge in [-0.2, -0.15) is 0 Å². The Labute approximate surface area is 627 Å². The van der Waals surface area contributed by atoms with Gasteiger partial charge < -0.3 is 65.6 Å². The molecule has 0 atom stereocenters. The number of carbonyl (C=O) groups excluding carboxylic acids is 5. The average Bonchev–Trinajstić information content (AvgIpc) is 1.59. The summed E-state index contributed by atoms with van der Waals surface area (Å²) in [4.78, 5) is 74.9. The van der Waals surface area contributed by atoms with Gasteiger partial charge in [0.05, 0.1) is 56.3 Å². The Morgan fingerprint density at radius 3 is 1.61 bits per heavy atom. The van der Waals surface area contributed by atoms with E-state index in [-0.39, 0.29) is 183 Å². The molecule has 6 aromatic carbocycles. The first-order chi connectivity index (χ1) is 45.2. The minimum Gasteiger partial charge on any atom is -1.00 e. The smallest absolute Gasteiger partial charge is 1.00 e. The zero-order valence-corrected chi connectivity index (χ0v) is 57.8. The van der Waals surface area contributed by atoms with Crippen molar-refractivity contribution >= 4 is 97.1 Å². The van der Waals surface area contributed by atoms with Crippen molar-refractivity contribution in [2.75, 3.05) is 49.8 Å². The Morgan fingerprint density at radius 1 is 0.663 bits per heavy atom. The number of amides is 6. The number of halogens is 5. The van der Waals surface area contributed by atoms with Crippen molar-refractivity contribution in [1.29, 1.82) is 0 Å². The molecule has 21 nitrogen and oxygen atoms in total. The van der Waals surface area contributed by atoms with Gasteiger partial charge in [-0.05, 0) is 121 Å². The molecule has 28 heteroatoms. The molecule has 0 unspecified atom stereocenters. The summed E-state index contributed by atoms with van der Waals surface area (Å²) in [5.41, 5.74) is 8.80. The fourth-order valence-electron chi connectivity index (χ4n) is 11.6. The summed E-state index contributed by atoms with van der Waals surface area (Å²) < 4.78 is 84.9. The number of hydrogen-bond donors (Lipinski definition) is 5. The van der Waals surface area contributed by atoms with Crippen LogP contribution in [0.4, 0.5) is 38.5 Å². The van der Waals surface area contributed by atoms with Crippen LogP contribution in [0.2, 0.25) is 0 Å². The van der Waals surface area contributed by atoms with Crippen molar-refractivity contribution in [2.45, 2.75) is 13.5 Å². The van der Waals surface area contributed by atoms with E-state index in [2.05, 4.69) is 31.5 Å². The zero-order valence-electron chi connectivity index (χ0n) is 51.8. The summed E-state index contributed by atoms with van der Waals surface area (Å²) in [5, 5.41) is 23.9. The summed E-state index contributed by atoms with van der Waals surface area (Å²) in [7, 11) is 3.02. The second kappa shape index (κ2) is 28.9. The van der Waals surface area contributed by atoms with Gasteiger partial charge in [0.2, 0.25) is 0 Å². The van der Waals surface area contributed by atoms with Gasteiger partial charge in [-0.15, -0.1) is 11.6 Å². The Morgan fingerprint density at radius 2 is 1.15 bits per heavy atom. The standard InChI is InChI=1S/C33H24ClF2N5O4.C33H23F2N5O4.CH2O3.2K.H/c1-37-32(42)29-21-13-20(23-9-10-27-30(39-23)26-14-19-22(36)3-2-4-25(19)41(26)16-44-27)24(40-33(43)38-12-11-34)15-28(21)45-31(29)17-5-7-18(35)8-6-17;1-36-32(41)29-21-13-20(23-9-10-27-30(38-23)26-14-19-22(35)3-2-4-24(19)40(26)16-43-27)25(39-12-11-37-33(39)42)15-28(21)44-31(29)17-5-7-18(34)8-6-17;2-1-4-3;;;/h2-10,13-15H,11-12,16H2,1H3,(H,37,42)(H2,38,40,43);2-10,13-15H,11-12,16H2,1H3,(H,36,41)(H,37,42);1,3H;;;/q;;;2*+1;-1/p-1. The van der Waals surface area contributed by atoms with Crippen LogP contribution in [0, 0.1) is 23.3 Å². The average molecular weight is 1360 g/mol. The predicted octanol–water partition coefficient (Wildman–Crippen LogP) is 5.99. The van der Waals surface area contributed by atoms with E-state index in [1.807, 2.05) is 21.3 Å². The third kappa shape index (κ3) is 13.0. The molecule has 1 fully saturated rings. The molecule has 95 heavy (non-hydrogen) atoms. The van der Waals surface area contributed by atoms with Gasteiger partial charge in [0.25, 0.3) is 18.3 Å². The maximum Gasteiger partial charge on any atom is 1.00 e. The first-order valence-electron chi connectivity index (χ1n) is 28.6. The molecule has 0 radical (unpaired) electrons. The number of benzene rings is 6. The number of anilines is 2. The molecule has 0 saturated carbocycles. The fraction of sp³-hybridized carbons (Fsp3) is 0.119.